The van der Waals surface area contributed by atoms with E-state index in [2.05, 4.69) is 22.8 Å². The van der Waals surface area contributed by atoms with Crippen LogP contribution in [0.3, 0.4) is 0 Å². The van der Waals surface area contributed by atoms with E-state index < -0.39 is 12.0 Å². The van der Waals surface area contributed by atoms with Gasteiger partial charge in [0.2, 0.25) is 5.91 Å². The van der Waals surface area contributed by atoms with Gasteiger partial charge in [0.05, 0.1) is 0 Å². The van der Waals surface area contributed by atoms with E-state index in [9.17, 15) is 9.90 Å². The monoisotopic (exact) mass is 264 g/mol. The molecule has 1 heterocycles. The smallest absolute Gasteiger partial charge is 0.250 e. The van der Waals surface area contributed by atoms with Crippen molar-refractivity contribution >= 4 is 27.3 Å². The van der Waals surface area contributed by atoms with Crippen LogP contribution in [-0.4, -0.2) is 30.2 Å². The van der Waals surface area contributed by atoms with Crippen molar-refractivity contribution in [2.45, 2.75) is 12.5 Å². The average Bonchev–Trinajstić information content (AvgIpc) is 2.81. The van der Waals surface area contributed by atoms with E-state index in [1.165, 1.54) is 15.6 Å². The second kappa shape index (κ2) is 5.95. The number of hydrogen-bond donors (Lipinski definition) is 3. The van der Waals surface area contributed by atoms with E-state index in [1.54, 1.807) is 11.3 Å². The van der Waals surface area contributed by atoms with E-state index in [-0.39, 0.29) is 6.54 Å². The minimum Gasteiger partial charge on any atom is -0.382 e. The number of carbonyl (C=O) groups is 1. The number of carbonyl (C=O) groups excluding carboxylic acids is 1. The summed E-state index contributed by atoms with van der Waals surface area (Å²) in [4.78, 5) is 11.3. The molecule has 0 bridgehead atoms. The predicted octanol–water partition coefficient (Wildman–Crippen LogP) is 0.880. The molecule has 2 aromatic rings. The molecule has 0 fully saturated rings. The maximum absolute atomic E-state index is 11.3. The molecule has 0 aliphatic rings. The number of rotatable bonds is 5. The highest BCUT2D eigenvalue weighted by atomic mass is 32.1. The number of aliphatic hydroxyl groups excluding tert-OH is 1. The Balaban J connectivity index is 1.93. The Hall–Kier alpha value is -1.43. The zero-order valence-electron chi connectivity index (χ0n) is 9.93. The van der Waals surface area contributed by atoms with Crippen LogP contribution in [0.5, 0.6) is 0 Å². The van der Waals surface area contributed by atoms with Gasteiger partial charge in [-0.15, -0.1) is 11.3 Å². The fourth-order valence-corrected chi connectivity index (χ4v) is 2.77. The summed E-state index contributed by atoms with van der Waals surface area (Å²) in [5.41, 5.74) is 6.42. The minimum absolute atomic E-state index is 0.0484. The first kappa shape index (κ1) is 13.0. The molecule has 1 aromatic carbocycles. The van der Waals surface area contributed by atoms with Crippen molar-refractivity contribution < 1.29 is 9.90 Å². The lowest BCUT2D eigenvalue weighted by Crippen LogP contribution is -2.39. The average molecular weight is 264 g/mol. The van der Waals surface area contributed by atoms with Gasteiger partial charge in [-0.25, -0.2) is 0 Å². The van der Waals surface area contributed by atoms with Gasteiger partial charge in [-0.1, -0.05) is 18.2 Å². The van der Waals surface area contributed by atoms with E-state index in [1.807, 2.05) is 12.1 Å². The van der Waals surface area contributed by atoms with E-state index in [0.717, 1.165) is 6.42 Å². The van der Waals surface area contributed by atoms with Gasteiger partial charge >= 0.3 is 0 Å². The largest absolute Gasteiger partial charge is 0.382 e. The molecule has 0 spiro atoms. The molecular formula is C13H16N2O2S. The molecule has 2 rings (SSSR count). The van der Waals surface area contributed by atoms with Gasteiger partial charge in [-0.3, -0.25) is 4.79 Å². The molecule has 18 heavy (non-hydrogen) atoms. The van der Waals surface area contributed by atoms with Gasteiger partial charge in [0, 0.05) is 17.8 Å². The highest BCUT2D eigenvalue weighted by molar-refractivity contribution is 7.17. The molecule has 1 unspecified atom stereocenters. The van der Waals surface area contributed by atoms with Crippen molar-refractivity contribution in [3.8, 4) is 0 Å². The molecule has 4 nitrogen and oxygen atoms in total. The fraction of sp³-hybridized carbons (Fsp3) is 0.308. The molecule has 0 radical (unpaired) electrons. The summed E-state index contributed by atoms with van der Waals surface area (Å²) in [7, 11) is 0. The van der Waals surface area contributed by atoms with Crippen LogP contribution in [0.4, 0.5) is 0 Å². The lowest BCUT2D eigenvalue weighted by Gasteiger charge is -2.08. The summed E-state index contributed by atoms with van der Waals surface area (Å²) in [6.45, 7) is 0.462. The van der Waals surface area contributed by atoms with Gasteiger partial charge in [0.25, 0.3) is 0 Å². The molecule has 1 aromatic heterocycles. The third-order valence-corrected chi connectivity index (χ3v) is 3.79. The molecule has 1 atom stereocenters. The topological polar surface area (TPSA) is 75.3 Å². The third kappa shape index (κ3) is 2.87. The first-order valence-electron chi connectivity index (χ1n) is 5.83. The van der Waals surface area contributed by atoms with Crippen LogP contribution < -0.4 is 11.1 Å². The molecule has 96 valence electrons. The molecule has 1 amide bonds. The summed E-state index contributed by atoms with van der Waals surface area (Å²) < 4.78 is 1.25. The SMILES string of the molecule is NCC(O)C(=O)NCCc1csc2ccccc12. The zero-order chi connectivity index (χ0) is 13.0. The Morgan fingerprint density at radius 2 is 2.22 bits per heavy atom. The van der Waals surface area contributed by atoms with Crippen molar-refractivity contribution in [1.82, 2.24) is 5.32 Å². The predicted molar refractivity (Wildman–Crippen MR) is 73.6 cm³/mol. The number of nitrogens with one attached hydrogen (secondary N) is 1. The number of amides is 1. The van der Waals surface area contributed by atoms with Gasteiger partial charge < -0.3 is 16.2 Å². The Morgan fingerprint density at radius 3 is 3.00 bits per heavy atom. The minimum atomic E-state index is -1.11. The lowest BCUT2D eigenvalue weighted by molar-refractivity contribution is -0.128. The summed E-state index contributed by atoms with van der Waals surface area (Å²) >= 11 is 1.70. The number of benzene rings is 1. The molecule has 5 heteroatoms. The van der Waals surface area contributed by atoms with E-state index >= 15 is 0 Å². The fourth-order valence-electron chi connectivity index (χ4n) is 1.77. The van der Waals surface area contributed by atoms with Crippen molar-refractivity contribution in [3.05, 3.63) is 35.2 Å². The number of thiophene rings is 1. The number of aliphatic hydroxyl groups is 1. The second-order valence-electron chi connectivity index (χ2n) is 4.05. The van der Waals surface area contributed by atoms with Crippen LogP contribution >= 0.6 is 11.3 Å². The Kier molecular flexibility index (Phi) is 4.30. The van der Waals surface area contributed by atoms with Crippen LogP contribution in [0.25, 0.3) is 10.1 Å². The number of fused-ring (bicyclic) bond motifs is 1. The number of nitrogens with two attached hydrogens (primary N) is 1. The van der Waals surface area contributed by atoms with Crippen molar-refractivity contribution in [1.29, 1.82) is 0 Å². The molecule has 4 N–H and O–H groups in total. The molecular weight excluding hydrogens is 248 g/mol. The molecule has 0 aliphatic carbocycles. The normalized spacial score (nSPS) is 12.6. The zero-order valence-corrected chi connectivity index (χ0v) is 10.7. The van der Waals surface area contributed by atoms with Crippen LogP contribution in [0.2, 0.25) is 0 Å². The first-order chi connectivity index (χ1) is 8.72. The van der Waals surface area contributed by atoms with Crippen LogP contribution in [0, 0.1) is 0 Å². The molecule has 0 aliphatic heterocycles. The van der Waals surface area contributed by atoms with Crippen molar-refractivity contribution in [2.75, 3.05) is 13.1 Å². The Labute approximate surface area is 109 Å². The Bertz CT molecular complexity index is 539. The summed E-state index contributed by atoms with van der Waals surface area (Å²) in [6.07, 6.45) is -0.350. The van der Waals surface area contributed by atoms with Gasteiger partial charge in [-0.2, -0.15) is 0 Å². The standard InChI is InChI=1S/C13H16N2O2S/c14-7-11(16)13(17)15-6-5-9-8-18-12-4-2-1-3-10(9)12/h1-4,8,11,16H,5-7,14H2,(H,15,17). The second-order valence-corrected chi connectivity index (χ2v) is 4.96. The maximum atomic E-state index is 11.3. The van der Waals surface area contributed by atoms with Gasteiger partial charge in [0.15, 0.2) is 0 Å². The van der Waals surface area contributed by atoms with Gasteiger partial charge in [0.1, 0.15) is 6.10 Å². The molecule has 0 saturated carbocycles. The maximum Gasteiger partial charge on any atom is 0.250 e. The van der Waals surface area contributed by atoms with E-state index in [0.29, 0.717) is 6.54 Å². The van der Waals surface area contributed by atoms with Crippen LogP contribution in [0.15, 0.2) is 29.6 Å². The van der Waals surface area contributed by atoms with Crippen molar-refractivity contribution in [2.24, 2.45) is 5.73 Å². The van der Waals surface area contributed by atoms with Crippen LogP contribution in [-0.2, 0) is 11.2 Å². The highest BCUT2D eigenvalue weighted by Crippen LogP contribution is 2.25. The number of hydrogen-bond acceptors (Lipinski definition) is 4. The lowest BCUT2D eigenvalue weighted by atomic mass is 10.1. The van der Waals surface area contributed by atoms with E-state index in [4.69, 9.17) is 5.73 Å². The Morgan fingerprint density at radius 1 is 1.44 bits per heavy atom. The molecule has 0 saturated heterocycles. The highest BCUT2D eigenvalue weighted by Gasteiger charge is 2.11. The summed E-state index contributed by atoms with van der Waals surface area (Å²) in [5, 5.41) is 15.2. The van der Waals surface area contributed by atoms with Crippen molar-refractivity contribution in [3.63, 3.8) is 0 Å². The summed E-state index contributed by atoms with van der Waals surface area (Å²) in [5.74, 6) is -0.406. The first-order valence-corrected chi connectivity index (χ1v) is 6.71. The van der Waals surface area contributed by atoms with Gasteiger partial charge in [-0.05, 0) is 28.8 Å². The quantitative estimate of drug-likeness (QED) is 0.750. The third-order valence-electron chi connectivity index (χ3n) is 2.78. The van der Waals surface area contributed by atoms with Crippen LogP contribution in [0.1, 0.15) is 5.56 Å². The summed E-state index contributed by atoms with van der Waals surface area (Å²) in [6, 6.07) is 8.19.